The van der Waals surface area contributed by atoms with Gasteiger partial charge in [-0.3, -0.25) is 4.79 Å². The van der Waals surface area contributed by atoms with Crippen LogP contribution in [0.4, 0.5) is 5.69 Å². The molecule has 0 fully saturated rings. The predicted molar refractivity (Wildman–Crippen MR) is 106 cm³/mol. The minimum atomic E-state index is -0.236. The maximum absolute atomic E-state index is 12.7. The van der Waals surface area contributed by atoms with Crippen LogP contribution in [0.2, 0.25) is 5.02 Å². The Bertz CT molecular complexity index is 1080. The normalized spacial score (nSPS) is 10.7. The second-order valence-electron chi connectivity index (χ2n) is 5.54. The van der Waals surface area contributed by atoms with Gasteiger partial charge in [-0.2, -0.15) is 0 Å². The third-order valence-electron chi connectivity index (χ3n) is 3.75. The van der Waals surface area contributed by atoms with Crippen molar-refractivity contribution in [3.8, 4) is 11.5 Å². The number of halogens is 1. The van der Waals surface area contributed by atoms with E-state index in [4.69, 9.17) is 16.3 Å². The zero-order valence-electron chi connectivity index (χ0n) is 13.5. The number of fused-ring (bicyclic) bond motifs is 1. The fourth-order valence-corrected chi connectivity index (χ4v) is 3.38. The number of carbonyl (C=O) groups excluding carboxylic acids is 1. The number of rotatable bonds is 4. The average Bonchev–Trinajstić information content (AvgIpc) is 3.12. The monoisotopic (exact) mass is 380 g/mol. The summed E-state index contributed by atoms with van der Waals surface area (Å²) in [6.45, 7) is 0. The highest BCUT2D eigenvalue weighted by molar-refractivity contribution is 7.16. The van der Waals surface area contributed by atoms with Gasteiger partial charge in [0.15, 0.2) is 5.75 Å². The number of hydrogen-bond acceptors (Lipinski definition) is 4. The fourth-order valence-electron chi connectivity index (χ4n) is 2.50. The molecule has 0 aliphatic heterocycles. The van der Waals surface area contributed by atoms with Crippen molar-refractivity contribution in [3.63, 3.8) is 0 Å². The SMILES string of the molecule is O=C(Nc1cc(Cl)ccc1Oc1ccccc1)c1ccc2ncsc2c1. The number of thiazole rings is 1. The highest BCUT2D eigenvalue weighted by atomic mass is 35.5. The molecule has 0 spiro atoms. The summed E-state index contributed by atoms with van der Waals surface area (Å²) in [6.07, 6.45) is 0. The van der Waals surface area contributed by atoms with Crippen molar-refractivity contribution in [2.75, 3.05) is 5.32 Å². The van der Waals surface area contributed by atoms with Gasteiger partial charge in [0.2, 0.25) is 0 Å². The summed E-state index contributed by atoms with van der Waals surface area (Å²) >= 11 is 7.59. The lowest BCUT2D eigenvalue weighted by atomic mass is 10.2. The van der Waals surface area contributed by atoms with Gasteiger partial charge in [0.1, 0.15) is 5.75 Å². The van der Waals surface area contributed by atoms with Gasteiger partial charge in [-0.25, -0.2) is 4.98 Å². The molecule has 4 nitrogen and oxygen atoms in total. The molecule has 26 heavy (non-hydrogen) atoms. The van der Waals surface area contributed by atoms with Crippen LogP contribution in [0.3, 0.4) is 0 Å². The summed E-state index contributed by atoms with van der Waals surface area (Å²) < 4.78 is 6.84. The van der Waals surface area contributed by atoms with Crippen LogP contribution in [0.25, 0.3) is 10.2 Å². The van der Waals surface area contributed by atoms with Crippen LogP contribution in [-0.4, -0.2) is 10.9 Å². The number of nitrogens with one attached hydrogen (secondary N) is 1. The molecule has 0 saturated carbocycles. The number of aromatic nitrogens is 1. The van der Waals surface area contributed by atoms with Crippen molar-refractivity contribution >= 4 is 44.7 Å². The Morgan fingerprint density at radius 1 is 1.04 bits per heavy atom. The van der Waals surface area contributed by atoms with Crippen LogP contribution in [0.5, 0.6) is 11.5 Å². The van der Waals surface area contributed by atoms with E-state index in [-0.39, 0.29) is 5.91 Å². The molecule has 0 radical (unpaired) electrons. The Morgan fingerprint density at radius 3 is 2.73 bits per heavy atom. The Hall–Kier alpha value is -2.89. The lowest BCUT2D eigenvalue weighted by Crippen LogP contribution is -2.12. The second kappa shape index (κ2) is 7.15. The second-order valence-corrected chi connectivity index (χ2v) is 6.87. The fraction of sp³-hybridized carbons (Fsp3) is 0. The van der Waals surface area contributed by atoms with Gasteiger partial charge in [0.05, 0.1) is 21.4 Å². The zero-order chi connectivity index (χ0) is 17.9. The first-order valence-electron chi connectivity index (χ1n) is 7.86. The van der Waals surface area contributed by atoms with E-state index in [2.05, 4.69) is 10.3 Å². The highest BCUT2D eigenvalue weighted by Crippen LogP contribution is 2.32. The standard InChI is InChI=1S/C20H13ClN2O2S/c21-14-7-9-18(25-15-4-2-1-3-5-15)17(11-14)23-20(24)13-6-8-16-19(10-13)26-12-22-16/h1-12H,(H,23,24). The van der Waals surface area contributed by atoms with Crippen LogP contribution < -0.4 is 10.1 Å². The molecule has 0 bridgehead atoms. The molecule has 1 aromatic heterocycles. The van der Waals surface area contributed by atoms with E-state index in [1.807, 2.05) is 42.5 Å². The van der Waals surface area contributed by atoms with Gasteiger partial charge >= 0.3 is 0 Å². The lowest BCUT2D eigenvalue weighted by molar-refractivity contribution is 0.102. The highest BCUT2D eigenvalue weighted by Gasteiger charge is 2.12. The molecular formula is C20H13ClN2O2S. The molecule has 4 aromatic rings. The Labute approximate surface area is 159 Å². The topological polar surface area (TPSA) is 51.2 Å². The first-order valence-corrected chi connectivity index (χ1v) is 9.12. The van der Waals surface area contributed by atoms with E-state index in [0.29, 0.717) is 27.8 Å². The summed E-state index contributed by atoms with van der Waals surface area (Å²) in [5.41, 5.74) is 3.69. The molecule has 0 aliphatic carbocycles. The summed E-state index contributed by atoms with van der Waals surface area (Å²) in [6, 6.07) is 19.9. The van der Waals surface area contributed by atoms with E-state index in [0.717, 1.165) is 10.2 Å². The Kier molecular flexibility index (Phi) is 4.56. The quantitative estimate of drug-likeness (QED) is 0.472. The van der Waals surface area contributed by atoms with E-state index in [9.17, 15) is 4.79 Å². The number of para-hydroxylation sites is 1. The van der Waals surface area contributed by atoms with Crippen molar-refractivity contribution in [1.29, 1.82) is 0 Å². The maximum Gasteiger partial charge on any atom is 0.255 e. The summed E-state index contributed by atoms with van der Waals surface area (Å²) in [5.74, 6) is 0.963. The Morgan fingerprint density at radius 2 is 1.88 bits per heavy atom. The van der Waals surface area contributed by atoms with Gasteiger partial charge in [-0.15, -0.1) is 11.3 Å². The third-order valence-corrected chi connectivity index (χ3v) is 4.78. The molecule has 1 amide bonds. The Balaban J connectivity index is 1.62. The first-order chi connectivity index (χ1) is 12.7. The van der Waals surface area contributed by atoms with Gasteiger partial charge < -0.3 is 10.1 Å². The van der Waals surface area contributed by atoms with Crippen LogP contribution in [0, 0.1) is 0 Å². The number of ether oxygens (including phenoxy) is 1. The van der Waals surface area contributed by atoms with Gasteiger partial charge in [-0.05, 0) is 48.5 Å². The van der Waals surface area contributed by atoms with Gasteiger partial charge in [0.25, 0.3) is 5.91 Å². The largest absolute Gasteiger partial charge is 0.455 e. The predicted octanol–water partition coefficient (Wildman–Crippen LogP) is 5.99. The van der Waals surface area contributed by atoms with E-state index in [1.54, 1.807) is 29.8 Å². The number of benzene rings is 3. The van der Waals surface area contributed by atoms with Crippen LogP contribution in [-0.2, 0) is 0 Å². The van der Waals surface area contributed by atoms with Crippen molar-refractivity contribution in [3.05, 3.63) is 82.8 Å². The van der Waals surface area contributed by atoms with Gasteiger partial charge in [0, 0.05) is 10.6 Å². The first kappa shape index (κ1) is 16.6. The molecule has 4 rings (SSSR count). The molecule has 0 saturated heterocycles. The van der Waals surface area contributed by atoms with Crippen LogP contribution >= 0.6 is 22.9 Å². The summed E-state index contributed by atoms with van der Waals surface area (Å²) in [4.78, 5) is 16.9. The maximum atomic E-state index is 12.7. The minimum Gasteiger partial charge on any atom is -0.455 e. The summed E-state index contributed by atoms with van der Waals surface area (Å²) in [7, 11) is 0. The number of amides is 1. The molecule has 1 heterocycles. The molecule has 3 aromatic carbocycles. The van der Waals surface area contributed by atoms with Crippen molar-refractivity contribution < 1.29 is 9.53 Å². The lowest BCUT2D eigenvalue weighted by Gasteiger charge is -2.13. The third kappa shape index (κ3) is 3.54. The molecular weight excluding hydrogens is 368 g/mol. The van der Waals surface area contributed by atoms with Crippen molar-refractivity contribution in [1.82, 2.24) is 4.98 Å². The van der Waals surface area contributed by atoms with E-state index >= 15 is 0 Å². The smallest absolute Gasteiger partial charge is 0.255 e. The number of carbonyl (C=O) groups is 1. The molecule has 1 N–H and O–H groups in total. The number of nitrogens with zero attached hydrogens (tertiary/aromatic N) is 1. The zero-order valence-corrected chi connectivity index (χ0v) is 15.1. The number of hydrogen-bond donors (Lipinski definition) is 1. The summed E-state index contributed by atoms with van der Waals surface area (Å²) in [5, 5.41) is 3.39. The van der Waals surface area contributed by atoms with Gasteiger partial charge in [-0.1, -0.05) is 29.8 Å². The van der Waals surface area contributed by atoms with E-state index in [1.165, 1.54) is 11.3 Å². The minimum absolute atomic E-state index is 0.236. The average molecular weight is 381 g/mol. The molecule has 0 atom stereocenters. The molecule has 0 unspecified atom stereocenters. The van der Waals surface area contributed by atoms with Crippen molar-refractivity contribution in [2.45, 2.75) is 0 Å². The van der Waals surface area contributed by atoms with Crippen LogP contribution in [0.15, 0.2) is 72.2 Å². The molecule has 6 heteroatoms. The van der Waals surface area contributed by atoms with Crippen molar-refractivity contribution in [2.24, 2.45) is 0 Å². The molecule has 128 valence electrons. The van der Waals surface area contributed by atoms with Crippen LogP contribution in [0.1, 0.15) is 10.4 Å². The van der Waals surface area contributed by atoms with E-state index < -0.39 is 0 Å². The molecule has 0 aliphatic rings. The number of anilines is 1.